The second-order valence-electron chi connectivity index (χ2n) is 8.69. The molecule has 3 rings (SSSR count). The number of hydrogen-bond acceptors (Lipinski definition) is 4. The van der Waals surface area contributed by atoms with E-state index >= 15 is 0 Å². The van der Waals surface area contributed by atoms with Crippen LogP contribution in [0.2, 0.25) is 18.1 Å². The third-order valence-corrected chi connectivity index (χ3v) is 10.2. The Morgan fingerprint density at radius 2 is 1.46 bits per heavy atom. The second kappa shape index (κ2) is 7.30. The zero-order chi connectivity index (χ0) is 20.7. The van der Waals surface area contributed by atoms with Crippen molar-refractivity contribution in [2.24, 2.45) is 0 Å². The van der Waals surface area contributed by atoms with Gasteiger partial charge in [-0.1, -0.05) is 26.8 Å². The van der Waals surface area contributed by atoms with Crippen LogP contribution in [0.3, 0.4) is 0 Å². The summed E-state index contributed by atoms with van der Waals surface area (Å²) in [7, 11) is 1.32. The average Bonchev–Trinajstić information content (AvgIpc) is 2.65. The zero-order valence-electron chi connectivity index (χ0n) is 17.8. The molecule has 0 amide bonds. The zero-order valence-corrected chi connectivity index (χ0v) is 18.8. The van der Waals surface area contributed by atoms with E-state index in [1.165, 1.54) is 0 Å². The van der Waals surface area contributed by atoms with E-state index in [0.717, 1.165) is 32.9 Å². The van der Waals surface area contributed by atoms with E-state index in [9.17, 15) is 5.11 Å². The van der Waals surface area contributed by atoms with Crippen LogP contribution in [0.5, 0.6) is 17.2 Å². The van der Waals surface area contributed by atoms with Crippen LogP contribution in [0.25, 0.3) is 21.5 Å². The number of methoxy groups -OCH3 is 2. The number of hydrogen-bond donors (Lipinski definition) is 1. The van der Waals surface area contributed by atoms with Gasteiger partial charge in [-0.05, 0) is 75.6 Å². The fourth-order valence-electron chi connectivity index (χ4n) is 3.17. The molecule has 0 spiro atoms. The number of rotatable bonds is 5. The topological polar surface area (TPSA) is 47.9 Å². The monoisotopic (exact) mass is 398 g/mol. The van der Waals surface area contributed by atoms with Gasteiger partial charge in [-0.15, -0.1) is 0 Å². The Morgan fingerprint density at radius 3 is 2.00 bits per heavy atom. The van der Waals surface area contributed by atoms with Crippen molar-refractivity contribution < 1.29 is 19.0 Å². The lowest BCUT2D eigenvalue weighted by molar-refractivity contribution is 0.283. The molecule has 3 aromatic carbocycles. The van der Waals surface area contributed by atoms with Crippen LogP contribution in [-0.2, 0) is 6.61 Å². The Labute approximate surface area is 168 Å². The second-order valence-corrected chi connectivity index (χ2v) is 13.4. The first kappa shape index (κ1) is 20.5. The highest BCUT2D eigenvalue weighted by Crippen LogP contribution is 2.41. The lowest BCUT2D eigenvalue weighted by Crippen LogP contribution is -2.43. The lowest BCUT2D eigenvalue weighted by atomic mass is 9.96. The highest BCUT2D eigenvalue weighted by molar-refractivity contribution is 6.74. The molecule has 0 unspecified atom stereocenters. The summed E-state index contributed by atoms with van der Waals surface area (Å²) in [6.07, 6.45) is 0. The van der Waals surface area contributed by atoms with Crippen LogP contribution in [0.15, 0.2) is 36.4 Å². The van der Waals surface area contributed by atoms with Gasteiger partial charge in [0, 0.05) is 0 Å². The summed E-state index contributed by atoms with van der Waals surface area (Å²) in [6, 6.07) is 12.1. The summed E-state index contributed by atoms with van der Waals surface area (Å²) in [4.78, 5) is 0. The molecule has 0 aliphatic heterocycles. The van der Waals surface area contributed by atoms with Crippen LogP contribution in [0.4, 0.5) is 0 Å². The Balaban J connectivity index is 2.25. The van der Waals surface area contributed by atoms with Crippen molar-refractivity contribution in [2.75, 3.05) is 14.2 Å². The van der Waals surface area contributed by atoms with Crippen LogP contribution in [0.1, 0.15) is 26.3 Å². The van der Waals surface area contributed by atoms with Gasteiger partial charge < -0.3 is 19.0 Å². The maximum atomic E-state index is 9.89. The molecule has 0 aromatic heterocycles. The van der Waals surface area contributed by atoms with Gasteiger partial charge in [0.15, 0.2) is 11.5 Å². The molecule has 0 fully saturated rings. The normalized spacial score (nSPS) is 12.4. The highest BCUT2D eigenvalue weighted by Gasteiger charge is 2.39. The Hall–Kier alpha value is -2.24. The minimum absolute atomic E-state index is 0.0376. The third kappa shape index (κ3) is 3.56. The van der Waals surface area contributed by atoms with E-state index in [0.29, 0.717) is 11.5 Å². The molecule has 150 valence electrons. The smallest absolute Gasteiger partial charge is 0.250 e. The molecular formula is C23H30O4Si. The van der Waals surface area contributed by atoms with E-state index in [1.54, 1.807) is 14.2 Å². The minimum Gasteiger partial charge on any atom is -0.543 e. The highest BCUT2D eigenvalue weighted by atomic mass is 28.4. The third-order valence-electron chi connectivity index (χ3n) is 5.86. The molecule has 0 atom stereocenters. The molecule has 0 saturated carbocycles. The first-order valence-corrected chi connectivity index (χ1v) is 12.4. The fourth-order valence-corrected chi connectivity index (χ4v) is 4.19. The van der Waals surface area contributed by atoms with Gasteiger partial charge >= 0.3 is 0 Å². The van der Waals surface area contributed by atoms with Crippen LogP contribution < -0.4 is 13.9 Å². The maximum absolute atomic E-state index is 9.89. The molecule has 4 nitrogen and oxygen atoms in total. The molecule has 0 radical (unpaired) electrons. The number of aliphatic hydroxyl groups excluding tert-OH is 1. The Bertz CT molecular complexity index is 1020. The molecule has 0 saturated heterocycles. The largest absolute Gasteiger partial charge is 0.543 e. The van der Waals surface area contributed by atoms with Crippen molar-refractivity contribution in [1.82, 2.24) is 0 Å². The number of fused-ring (bicyclic) bond motifs is 3. The summed E-state index contributed by atoms with van der Waals surface area (Å²) < 4.78 is 17.5. The number of benzene rings is 3. The maximum Gasteiger partial charge on any atom is 0.250 e. The summed E-state index contributed by atoms with van der Waals surface area (Å²) in [5.41, 5.74) is 0.863. The molecule has 0 heterocycles. The molecule has 0 aliphatic carbocycles. The van der Waals surface area contributed by atoms with Gasteiger partial charge in [-0.3, -0.25) is 0 Å². The molecular weight excluding hydrogens is 368 g/mol. The van der Waals surface area contributed by atoms with Gasteiger partial charge in [-0.2, -0.15) is 0 Å². The predicted octanol–water partition coefficient (Wildman–Crippen LogP) is 5.89. The molecule has 0 aliphatic rings. The standard InChI is InChI=1S/C23H30O4Si/c1-23(2,3)28(6,7)27-17-9-8-15-10-16(14-24)19-12-21(25-4)22(26-5)13-20(19)18(15)11-17/h8-13,24H,14H2,1-7H3. The van der Waals surface area contributed by atoms with Gasteiger partial charge in [0.25, 0.3) is 0 Å². The van der Waals surface area contributed by atoms with Crippen LogP contribution >= 0.6 is 0 Å². The van der Waals surface area contributed by atoms with E-state index in [1.807, 2.05) is 24.3 Å². The fraction of sp³-hybridized carbons (Fsp3) is 0.391. The van der Waals surface area contributed by atoms with E-state index < -0.39 is 8.32 Å². The molecule has 1 N–H and O–H groups in total. The van der Waals surface area contributed by atoms with Crippen LogP contribution in [-0.4, -0.2) is 27.6 Å². The van der Waals surface area contributed by atoms with Crippen molar-refractivity contribution in [3.63, 3.8) is 0 Å². The van der Waals surface area contributed by atoms with Gasteiger partial charge in [0.05, 0.1) is 20.8 Å². The van der Waals surface area contributed by atoms with E-state index in [2.05, 4.69) is 46.0 Å². The van der Waals surface area contributed by atoms with Crippen molar-refractivity contribution in [1.29, 1.82) is 0 Å². The summed E-state index contributed by atoms with van der Waals surface area (Å²) >= 11 is 0. The van der Waals surface area contributed by atoms with Crippen molar-refractivity contribution >= 4 is 29.9 Å². The molecule has 5 heteroatoms. The summed E-state index contributed by atoms with van der Waals surface area (Å²) in [5.74, 6) is 2.20. The van der Waals surface area contributed by atoms with Crippen molar-refractivity contribution in [2.45, 2.75) is 45.5 Å². The Kier molecular flexibility index (Phi) is 5.34. The molecule has 3 aromatic rings. The predicted molar refractivity (Wildman–Crippen MR) is 118 cm³/mol. The first-order valence-electron chi connectivity index (χ1n) is 9.52. The molecule has 0 bridgehead atoms. The van der Waals surface area contributed by atoms with Gasteiger partial charge in [0.1, 0.15) is 5.75 Å². The number of aliphatic hydroxyl groups is 1. The summed E-state index contributed by atoms with van der Waals surface area (Å²) in [6.45, 7) is 11.2. The quantitative estimate of drug-likeness (QED) is 0.430. The number of ether oxygens (including phenoxy) is 2. The van der Waals surface area contributed by atoms with Crippen LogP contribution in [0, 0.1) is 0 Å². The van der Waals surface area contributed by atoms with E-state index in [-0.39, 0.29) is 11.6 Å². The van der Waals surface area contributed by atoms with E-state index in [4.69, 9.17) is 13.9 Å². The van der Waals surface area contributed by atoms with Gasteiger partial charge in [-0.25, -0.2) is 0 Å². The van der Waals surface area contributed by atoms with Crippen molar-refractivity contribution in [3.8, 4) is 17.2 Å². The first-order chi connectivity index (χ1) is 13.1. The SMILES string of the molecule is COc1cc2c(CO)cc3ccc(O[Si](C)(C)C(C)(C)C)cc3c2cc1OC. The minimum atomic E-state index is -1.94. The average molecular weight is 399 g/mol. The lowest BCUT2D eigenvalue weighted by Gasteiger charge is -2.36. The van der Waals surface area contributed by atoms with Crippen molar-refractivity contribution in [3.05, 3.63) is 42.0 Å². The van der Waals surface area contributed by atoms with Gasteiger partial charge in [0.2, 0.25) is 8.32 Å². The molecule has 28 heavy (non-hydrogen) atoms. The Morgan fingerprint density at radius 1 is 0.857 bits per heavy atom. The summed E-state index contributed by atoms with van der Waals surface area (Å²) in [5, 5.41) is 14.1.